The van der Waals surface area contributed by atoms with Crippen molar-refractivity contribution in [2.45, 2.75) is 20.1 Å². The normalized spacial score (nSPS) is 10.3. The minimum atomic E-state index is -0.202. The largest absolute Gasteiger partial charge is 0.472 e. The van der Waals surface area contributed by atoms with E-state index in [2.05, 4.69) is 9.97 Å². The highest BCUT2D eigenvalue weighted by molar-refractivity contribution is 5.98. The van der Waals surface area contributed by atoms with Gasteiger partial charge in [-0.2, -0.15) is 0 Å². The van der Waals surface area contributed by atoms with Gasteiger partial charge in [0, 0.05) is 0 Å². The van der Waals surface area contributed by atoms with Gasteiger partial charge in [0.05, 0.1) is 0 Å². The zero-order valence-electron chi connectivity index (χ0n) is 13.9. The van der Waals surface area contributed by atoms with E-state index in [4.69, 9.17) is 9.47 Å². The van der Waals surface area contributed by atoms with Gasteiger partial charge in [-0.25, -0.2) is 9.97 Å². The fourth-order valence-electron chi connectivity index (χ4n) is 2.33. The molecule has 126 valence electrons. The third-order valence-corrected chi connectivity index (χ3v) is 3.57. The summed E-state index contributed by atoms with van der Waals surface area (Å²) < 4.78 is 11.5. The lowest BCUT2D eigenvalue weighted by molar-refractivity contribution is 0.100. The second kappa shape index (κ2) is 8.06. The summed E-state index contributed by atoms with van der Waals surface area (Å²) >= 11 is 0. The van der Waals surface area contributed by atoms with Crippen molar-refractivity contribution >= 4 is 5.78 Å². The van der Waals surface area contributed by atoms with E-state index in [1.165, 1.54) is 13.3 Å². The predicted molar refractivity (Wildman–Crippen MR) is 93.6 cm³/mol. The van der Waals surface area contributed by atoms with Crippen LogP contribution in [0.3, 0.4) is 0 Å². The van der Waals surface area contributed by atoms with E-state index >= 15 is 0 Å². The monoisotopic (exact) mass is 334 g/mol. The first-order valence-electron chi connectivity index (χ1n) is 7.93. The number of ketones is 1. The number of Topliss-reactive ketones (excluding diaryl/α,β-unsaturated/α-hetero) is 1. The first kappa shape index (κ1) is 16.6. The molecule has 0 amide bonds. The van der Waals surface area contributed by atoms with Crippen LogP contribution in [0.5, 0.6) is 11.8 Å². The van der Waals surface area contributed by atoms with Crippen LogP contribution in [-0.2, 0) is 13.2 Å². The van der Waals surface area contributed by atoms with Crippen LogP contribution >= 0.6 is 0 Å². The Balaban J connectivity index is 1.78. The SMILES string of the molecule is CC(=O)c1c(OCc2ccccc2)ncnc1OCc1ccccc1. The summed E-state index contributed by atoms with van der Waals surface area (Å²) in [5.41, 5.74) is 2.24. The smallest absolute Gasteiger partial charge is 0.231 e. The molecule has 5 heteroatoms. The third-order valence-electron chi connectivity index (χ3n) is 3.57. The van der Waals surface area contributed by atoms with Crippen molar-refractivity contribution in [2.24, 2.45) is 0 Å². The Hall–Kier alpha value is -3.21. The van der Waals surface area contributed by atoms with Crippen LogP contribution in [0.15, 0.2) is 67.0 Å². The highest BCUT2D eigenvalue weighted by Crippen LogP contribution is 2.26. The zero-order valence-corrected chi connectivity index (χ0v) is 13.9. The quantitative estimate of drug-likeness (QED) is 0.614. The third kappa shape index (κ3) is 4.41. The topological polar surface area (TPSA) is 61.3 Å². The highest BCUT2D eigenvalue weighted by Gasteiger charge is 2.19. The lowest BCUT2D eigenvalue weighted by Crippen LogP contribution is -2.09. The number of ether oxygens (including phenoxy) is 2. The van der Waals surface area contributed by atoms with Crippen LogP contribution < -0.4 is 9.47 Å². The number of rotatable bonds is 7. The number of aromatic nitrogens is 2. The van der Waals surface area contributed by atoms with Crippen LogP contribution in [0.4, 0.5) is 0 Å². The molecule has 0 atom stereocenters. The van der Waals surface area contributed by atoms with Gasteiger partial charge in [0.15, 0.2) is 5.78 Å². The Kier molecular flexibility index (Phi) is 5.36. The molecule has 1 aromatic heterocycles. The maximum Gasteiger partial charge on any atom is 0.231 e. The molecule has 25 heavy (non-hydrogen) atoms. The van der Waals surface area contributed by atoms with Crippen LogP contribution in [0.1, 0.15) is 28.4 Å². The van der Waals surface area contributed by atoms with E-state index < -0.39 is 0 Å². The van der Waals surface area contributed by atoms with Crippen LogP contribution in [0.2, 0.25) is 0 Å². The summed E-state index contributed by atoms with van der Waals surface area (Å²) in [5, 5.41) is 0. The van der Waals surface area contributed by atoms with E-state index in [-0.39, 0.29) is 23.1 Å². The molecule has 0 aliphatic heterocycles. The van der Waals surface area contributed by atoms with Gasteiger partial charge in [0.1, 0.15) is 25.1 Å². The molecule has 0 spiro atoms. The first-order valence-corrected chi connectivity index (χ1v) is 7.93. The maximum absolute atomic E-state index is 12.1. The maximum atomic E-state index is 12.1. The Morgan fingerprint density at radius 3 is 1.64 bits per heavy atom. The van der Waals surface area contributed by atoms with Gasteiger partial charge in [0.25, 0.3) is 0 Å². The molecule has 0 bridgehead atoms. The molecular formula is C20H18N2O3. The van der Waals surface area contributed by atoms with Gasteiger partial charge >= 0.3 is 0 Å². The van der Waals surface area contributed by atoms with E-state index in [0.29, 0.717) is 13.2 Å². The molecular weight excluding hydrogens is 316 g/mol. The van der Waals surface area contributed by atoms with Crippen molar-refractivity contribution in [2.75, 3.05) is 0 Å². The van der Waals surface area contributed by atoms with E-state index in [0.717, 1.165) is 11.1 Å². The van der Waals surface area contributed by atoms with Gasteiger partial charge in [-0.3, -0.25) is 4.79 Å². The van der Waals surface area contributed by atoms with E-state index in [1.54, 1.807) is 0 Å². The molecule has 1 heterocycles. The number of hydrogen-bond donors (Lipinski definition) is 0. The van der Waals surface area contributed by atoms with Crippen molar-refractivity contribution in [3.8, 4) is 11.8 Å². The van der Waals surface area contributed by atoms with E-state index in [9.17, 15) is 4.79 Å². The van der Waals surface area contributed by atoms with Gasteiger partial charge in [-0.05, 0) is 18.1 Å². The molecule has 0 saturated heterocycles. The van der Waals surface area contributed by atoms with Crippen LogP contribution in [-0.4, -0.2) is 15.8 Å². The Bertz CT molecular complexity index is 774. The molecule has 0 N–H and O–H groups in total. The molecule has 3 aromatic rings. The molecule has 3 rings (SSSR count). The number of carbonyl (C=O) groups is 1. The second-order valence-corrected chi connectivity index (χ2v) is 5.46. The zero-order chi connectivity index (χ0) is 17.5. The molecule has 0 aliphatic rings. The van der Waals surface area contributed by atoms with Gasteiger partial charge in [-0.15, -0.1) is 0 Å². The number of nitrogens with zero attached hydrogens (tertiary/aromatic N) is 2. The van der Waals surface area contributed by atoms with Gasteiger partial charge in [-0.1, -0.05) is 60.7 Å². The average Bonchev–Trinajstić information content (AvgIpc) is 2.66. The molecule has 5 nitrogen and oxygen atoms in total. The summed E-state index contributed by atoms with van der Waals surface area (Å²) in [5.74, 6) is 0.260. The summed E-state index contributed by atoms with van der Waals surface area (Å²) in [6.07, 6.45) is 1.34. The fourth-order valence-corrected chi connectivity index (χ4v) is 2.33. The summed E-state index contributed by atoms with van der Waals surface area (Å²) in [4.78, 5) is 20.3. The standard InChI is InChI=1S/C20H18N2O3/c1-15(23)18-19(24-12-16-8-4-2-5-9-16)21-14-22-20(18)25-13-17-10-6-3-7-11-17/h2-11,14H,12-13H2,1H3. The first-order chi connectivity index (χ1) is 12.2. The molecule has 0 aliphatic carbocycles. The molecule has 2 aromatic carbocycles. The van der Waals surface area contributed by atoms with Gasteiger partial charge in [0.2, 0.25) is 11.8 Å². The number of carbonyl (C=O) groups excluding carboxylic acids is 1. The minimum absolute atomic E-state index is 0.202. The van der Waals surface area contributed by atoms with Crippen LogP contribution in [0.25, 0.3) is 0 Å². The molecule has 0 fully saturated rings. The molecule has 0 radical (unpaired) electrons. The predicted octanol–water partition coefficient (Wildman–Crippen LogP) is 3.84. The lowest BCUT2D eigenvalue weighted by atomic mass is 10.2. The summed E-state index contributed by atoms with van der Waals surface area (Å²) in [6, 6.07) is 19.4. The summed E-state index contributed by atoms with van der Waals surface area (Å²) in [7, 11) is 0. The Morgan fingerprint density at radius 1 is 0.800 bits per heavy atom. The van der Waals surface area contributed by atoms with Crippen molar-refractivity contribution < 1.29 is 14.3 Å². The summed E-state index contributed by atoms with van der Waals surface area (Å²) in [6.45, 7) is 2.08. The molecule has 0 unspecified atom stereocenters. The van der Waals surface area contributed by atoms with Crippen molar-refractivity contribution in [3.63, 3.8) is 0 Å². The Morgan fingerprint density at radius 2 is 1.24 bits per heavy atom. The van der Waals surface area contributed by atoms with E-state index in [1.807, 2.05) is 60.7 Å². The van der Waals surface area contributed by atoms with Crippen molar-refractivity contribution in [1.82, 2.24) is 9.97 Å². The highest BCUT2D eigenvalue weighted by atomic mass is 16.5. The molecule has 0 saturated carbocycles. The Labute approximate surface area is 146 Å². The average molecular weight is 334 g/mol. The van der Waals surface area contributed by atoms with Gasteiger partial charge < -0.3 is 9.47 Å². The van der Waals surface area contributed by atoms with Crippen LogP contribution in [0, 0.1) is 0 Å². The number of benzene rings is 2. The minimum Gasteiger partial charge on any atom is -0.472 e. The lowest BCUT2D eigenvalue weighted by Gasteiger charge is -2.12. The van der Waals surface area contributed by atoms with Crippen molar-refractivity contribution in [3.05, 3.63) is 83.7 Å². The fraction of sp³-hybridized carbons (Fsp3) is 0.150. The van der Waals surface area contributed by atoms with Crippen molar-refractivity contribution in [1.29, 1.82) is 0 Å². The second-order valence-electron chi connectivity index (χ2n) is 5.46. The number of hydrogen-bond acceptors (Lipinski definition) is 5.